The molecule has 0 bridgehead atoms. The first-order valence-electron chi connectivity index (χ1n) is 9.39. The van der Waals surface area contributed by atoms with Crippen LogP contribution in [0.25, 0.3) is 6.08 Å². The number of fused-ring (bicyclic) bond motifs is 1. The van der Waals surface area contributed by atoms with E-state index in [0.717, 1.165) is 22.4 Å². The minimum Gasteiger partial charge on any atom is -0.493 e. The first-order chi connectivity index (χ1) is 13.9. The number of esters is 1. The topological polar surface area (TPSA) is 63.2 Å². The van der Waals surface area contributed by atoms with Crippen molar-refractivity contribution in [3.05, 3.63) is 47.0 Å². The van der Waals surface area contributed by atoms with E-state index in [1.165, 1.54) is 21.1 Å². The molecule has 0 amide bonds. The van der Waals surface area contributed by atoms with Gasteiger partial charge in [-0.05, 0) is 36.8 Å². The summed E-state index contributed by atoms with van der Waals surface area (Å²) in [5.74, 6) is 2.11. The van der Waals surface area contributed by atoms with Crippen molar-refractivity contribution in [2.75, 3.05) is 21.3 Å². The summed E-state index contributed by atoms with van der Waals surface area (Å²) < 4.78 is 28.1. The highest BCUT2D eigenvalue weighted by molar-refractivity contribution is 5.72. The van der Waals surface area contributed by atoms with E-state index in [0.29, 0.717) is 17.2 Å². The third kappa shape index (κ3) is 3.88. The zero-order valence-electron chi connectivity index (χ0n) is 17.6. The summed E-state index contributed by atoms with van der Waals surface area (Å²) in [6.45, 7) is 5.42. The van der Waals surface area contributed by atoms with E-state index in [1.54, 1.807) is 7.11 Å². The number of ether oxygens (including phenoxy) is 5. The van der Waals surface area contributed by atoms with Gasteiger partial charge >= 0.3 is 5.97 Å². The van der Waals surface area contributed by atoms with Crippen molar-refractivity contribution in [2.45, 2.75) is 32.8 Å². The number of hydrogen-bond donors (Lipinski definition) is 0. The van der Waals surface area contributed by atoms with Gasteiger partial charge in [-0.1, -0.05) is 19.1 Å². The Morgan fingerprint density at radius 3 is 2.14 bits per heavy atom. The van der Waals surface area contributed by atoms with E-state index in [4.69, 9.17) is 23.7 Å². The van der Waals surface area contributed by atoms with Crippen LogP contribution < -0.4 is 23.7 Å². The van der Waals surface area contributed by atoms with E-state index in [2.05, 4.69) is 13.0 Å². The fraction of sp³-hybridized carbons (Fsp3) is 0.348. The molecule has 2 atom stereocenters. The van der Waals surface area contributed by atoms with Crippen molar-refractivity contribution in [1.29, 1.82) is 0 Å². The molecule has 2 aromatic carbocycles. The molecule has 0 radical (unpaired) electrons. The molecule has 0 spiro atoms. The maximum atomic E-state index is 11.5. The first-order valence-corrected chi connectivity index (χ1v) is 9.39. The quantitative estimate of drug-likeness (QED) is 0.509. The number of allylic oxidation sites excluding steroid dienone is 1. The lowest BCUT2D eigenvalue weighted by Gasteiger charge is -2.20. The second-order valence-corrected chi connectivity index (χ2v) is 6.82. The molecule has 2 aromatic rings. The summed E-state index contributed by atoms with van der Waals surface area (Å²) in [6, 6.07) is 7.70. The van der Waals surface area contributed by atoms with Gasteiger partial charge in [-0.2, -0.15) is 0 Å². The highest BCUT2D eigenvalue weighted by Gasteiger charge is 2.36. The molecular formula is C23H26O6. The van der Waals surface area contributed by atoms with Crippen molar-refractivity contribution in [2.24, 2.45) is 0 Å². The van der Waals surface area contributed by atoms with Crippen molar-refractivity contribution in [1.82, 2.24) is 0 Å². The van der Waals surface area contributed by atoms with Crippen LogP contribution in [0, 0.1) is 0 Å². The number of carbonyl (C=O) groups excluding carboxylic acids is 1. The number of methoxy groups -OCH3 is 3. The molecule has 0 saturated heterocycles. The van der Waals surface area contributed by atoms with Gasteiger partial charge < -0.3 is 23.7 Å². The Labute approximate surface area is 171 Å². The van der Waals surface area contributed by atoms with Crippen molar-refractivity contribution < 1.29 is 28.5 Å². The van der Waals surface area contributed by atoms with E-state index >= 15 is 0 Å². The molecule has 1 aliphatic rings. The molecule has 1 heterocycles. The van der Waals surface area contributed by atoms with Gasteiger partial charge in [-0.3, -0.25) is 4.79 Å². The Balaban J connectivity index is 2.06. The molecule has 29 heavy (non-hydrogen) atoms. The van der Waals surface area contributed by atoms with Crippen LogP contribution in [0.3, 0.4) is 0 Å². The molecular weight excluding hydrogens is 372 g/mol. The molecule has 1 aliphatic heterocycles. The fourth-order valence-corrected chi connectivity index (χ4v) is 3.61. The van der Waals surface area contributed by atoms with Crippen LogP contribution in [0.5, 0.6) is 28.7 Å². The maximum Gasteiger partial charge on any atom is 0.308 e. The summed E-state index contributed by atoms with van der Waals surface area (Å²) in [5.41, 5.74) is 2.98. The van der Waals surface area contributed by atoms with Crippen LogP contribution in [-0.2, 0) is 4.79 Å². The standard InChI is InChI=1S/C23H26O6/c1-7-8-15-9-17-13(2)21(29-22(17)18(10-15)25-4)16-11-19(26-5)23(28-14(3)24)20(12-16)27-6/h7-13,21H,1-6H3/t13-,21-/m0/s1. The van der Waals surface area contributed by atoms with E-state index in [-0.39, 0.29) is 17.8 Å². The first kappa shape index (κ1) is 20.6. The SMILES string of the molecule is CC=Cc1cc(OC)c2c(c1)[C@H](C)[C@@H](c1cc(OC)c(OC(C)=O)c(OC)c1)O2. The van der Waals surface area contributed by atoms with Gasteiger partial charge in [0.2, 0.25) is 5.75 Å². The van der Waals surface area contributed by atoms with Gasteiger partial charge in [0.05, 0.1) is 21.3 Å². The maximum absolute atomic E-state index is 11.5. The third-order valence-electron chi connectivity index (χ3n) is 4.93. The Bertz CT molecular complexity index is 922. The van der Waals surface area contributed by atoms with Crippen molar-refractivity contribution >= 4 is 12.0 Å². The van der Waals surface area contributed by atoms with Gasteiger partial charge in [-0.25, -0.2) is 0 Å². The predicted molar refractivity (Wildman–Crippen MR) is 110 cm³/mol. The summed E-state index contributed by atoms with van der Waals surface area (Å²) in [5, 5.41) is 0. The molecule has 0 saturated carbocycles. The largest absolute Gasteiger partial charge is 0.493 e. The average molecular weight is 398 g/mol. The second-order valence-electron chi connectivity index (χ2n) is 6.82. The Morgan fingerprint density at radius 2 is 1.62 bits per heavy atom. The Hall–Kier alpha value is -3.15. The van der Waals surface area contributed by atoms with Gasteiger partial charge in [-0.15, -0.1) is 0 Å². The van der Waals surface area contributed by atoms with Crippen LogP contribution >= 0.6 is 0 Å². The van der Waals surface area contributed by atoms with E-state index in [9.17, 15) is 4.79 Å². The van der Waals surface area contributed by atoms with Crippen LogP contribution in [0.4, 0.5) is 0 Å². The second kappa shape index (κ2) is 8.47. The van der Waals surface area contributed by atoms with Gasteiger partial charge in [0.1, 0.15) is 6.10 Å². The monoisotopic (exact) mass is 398 g/mol. The fourth-order valence-electron chi connectivity index (χ4n) is 3.61. The van der Waals surface area contributed by atoms with Crippen LogP contribution in [-0.4, -0.2) is 27.3 Å². The summed E-state index contributed by atoms with van der Waals surface area (Å²) in [6.07, 6.45) is 3.75. The van der Waals surface area contributed by atoms with Gasteiger partial charge in [0.25, 0.3) is 0 Å². The molecule has 0 unspecified atom stereocenters. The minimum absolute atomic E-state index is 0.0677. The molecule has 154 valence electrons. The molecule has 0 aliphatic carbocycles. The van der Waals surface area contributed by atoms with Crippen LogP contribution in [0.2, 0.25) is 0 Å². The molecule has 6 heteroatoms. The number of carbonyl (C=O) groups is 1. The number of hydrogen-bond acceptors (Lipinski definition) is 6. The molecule has 3 rings (SSSR count). The predicted octanol–water partition coefficient (Wildman–Crippen LogP) is 4.91. The third-order valence-corrected chi connectivity index (χ3v) is 4.93. The van der Waals surface area contributed by atoms with E-state index < -0.39 is 5.97 Å². The Kier molecular flexibility index (Phi) is 6.01. The lowest BCUT2D eigenvalue weighted by molar-refractivity contribution is -0.132. The zero-order chi connectivity index (χ0) is 21.1. The van der Waals surface area contributed by atoms with Crippen LogP contribution in [0.1, 0.15) is 49.5 Å². The van der Waals surface area contributed by atoms with Crippen LogP contribution in [0.15, 0.2) is 30.3 Å². The van der Waals surface area contributed by atoms with Gasteiger partial charge in [0, 0.05) is 24.0 Å². The van der Waals surface area contributed by atoms with Crippen molar-refractivity contribution in [3.63, 3.8) is 0 Å². The normalized spacial score (nSPS) is 17.6. The molecule has 0 fully saturated rings. The molecule has 6 nitrogen and oxygen atoms in total. The smallest absolute Gasteiger partial charge is 0.308 e. The highest BCUT2D eigenvalue weighted by Crippen LogP contribution is 2.52. The van der Waals surface area contributed by atoms with Crippen molar-refractivity contribution in [3.8, 4) is 28.7 Å². The summed E-state index contributed by atoms with van der Waals surface area (Å²) >= 11 is 0. The molecule has 0 N–H and O–H groups in total. The summed E-state index contributed by atoms with van der Waals surface area (Å²) in [4.78, 5) is 11.5. The van der Waals surface area contributed by atoms with E-state index in [1.807, 2.05) is 37.3 Å². The van der Waals surface area contributed by atoms with Gasteiger partial charge in [0.15, 0.2) is 23.0 Å². The lowest BCUT2D eigenvalue weighted by Crippen LogP contribution is -2.10. The average Bonchev–Trinajstić information content (AvgIpc) is 3.04. The number of benzene rings is 2. The highest BCUT2D eigenvalue weighted by atomic mass is 16.6. The number of rotatable bonds is 6. The molecule has 0 aromatic heterocycles. The Morgan fingerprint density at radius 1 is 1.00 bits per heavy atom. The minimum atomic E-state index is -0.450. The zero-order valence-corrected chi connectivity index (χ0v) is 17.6. The summed E-state index contributed by atoms with van der Waals surface area (Å²) in [7, 11) is 4.67. The lowest BCUT2D eigenvalue weighted by atomic mass is 9.91.